The summed E-state index contributed by atoms with van der Waals surface area (Å²) in [5.74, 6) is 0.674. The van der Waals surface area contributed by atoms with Crippen molar-refractivity contribution in [3.63, 3.8) is 0 Å². The highest BCUT2D eigenvalue weighted by Gasteiger charge is 2.25. The van der Waals surface area contributed by atoms with Crippen LogP contribution in [0, 0.1) is 0 Å². The van der Waals surface area contributed by atoms with Crippen molar-refractivity contribution in [3.05, 3.63) is 70.4 Å². The number of nitrogens with zero attached hydrogens (tertiary/aromatic N) is 3. The Morgan fingerprint density at radius 2 is 1.63 bits per heavy atom. The summed E-state index contributed by atoms with van der Waals surface area (Å²) >= 11 is 1.39. The molecular weight excluding hydrogens is 460 g/mol. The molecule has 2 aromatic carbocycles. The Hall–Kier alpha value is -3.52. The Bertz CT molecular complexity index is 1150. The SMILES string of the molecule is CCN(CC)C(=O)c1cc(NC(=O)c2cccs2)ccc1N1CCN(c2ccccc2OC)CC1. The zero-order valence-corrected chi connectivity index (χ0v) is 21.3. The van der Waals surface area contributed by atoms with E-state index in [0.717, 1.165) is 43.3 Å². The lowest BCUT2D eigenvalue weighted by atomic mass is 10.1. The molecule has 1 aromatic heterocycles. The number of piperazine rings is 1. The quantitative estimate of drug-likeness (QED) is 0.489. The summed E-state index contributed by atoms with van der Waals surface area (Å²) in [5, 5.41) is 4.82. The normalized spacial score (nSPS) is 13.5. The van der Waals surface area contributed by atoms with Crippen LogP contribution in [0.25, 0.3) is 0 Å². The van der Waals surface area contributed by atoms with Gasteiger partial charge >= 0.3 is 0 Å². The fourth-order valence-electron chi connectivity index (χ4n) is 4.42. The summed E-state index contributed by atoms with van der Waals surface area (Å²) in [6, 6.07) is 17.3. The number of hydrogen-bond donors (Lipinski definition) is 1. The highest BCUT2D eigenvalue weighted by atomic mass is 32.1. The zero-order chi connectivity index (χ0) is 24.8. The van der Waals surface area contributed by atoms with Crippen molar-refractivity contribution >= 4 is 40.2 Å². The monoisotopic (exact) mass is 492 g/mol. The minimum absolute atomic E-state index is 0.0237. The summed E-state index contributed by atoms with van der Waals surface area (Å²) in [5.41, 5.74) is 3.22. The predicted octanol–water partition coefficient (Wildman–Crippen LogP) is 4.82. The Morgan fingerprint density at radius 3 is 2.26 bits per heavy atom. The van der Waals surface area contributed by atoms with Crippen LogP contribution in [-0.2, 0) is 0 Å². The van der Waals surface area contributed by atoms with E-state index in [-0.39, 0.29) is 11.8 Å². The molecule has 7 nitrogen and oxygen atoms in total. The Balaban J connectivity index is 1.57. The summed E-state index contributed by atoms with van der Waals surface area (Å²) in [4.78, 5) is 33.1. The molecule has 0 aliphatic carbocycles. The van der Waals surface area contributed by atoms with Crippen molar-refractivity contribution in [2.75, 3.05) is 61.5 Å². The number of carbonyl (C=O) groups is 2. The highest BCUT2D eigenvalue weighted by Crippen LogP contribution is 2.31. The number of amides is 2. The van der Waals surface area contributed by atoms with Crippen LogP contribution >= 0.6 is 11.3 Å². The molecule has 1 N–H and O–H groups in total. The molecule has 1 fully saturated rings. The van der Waals surface area contributed by atoms with Gasteiger partial charge in [0.05, 0.1) is 23.2 Å². The van der Waals surface area contributed by atoms with Crippen LogP contribution in [0.1, 0.15) is 33.9 Å². The van der Waals surface area contributed by atoms with Crippen LogP contribution in [0.2, 0.25) is 0 Å². The number of carbonyl (C=O) groups excluding carboxylic acids is 2. The lowest BCUT2D eigenvalue weighted by Crippen LogP contribution is -2.47. The summed E-state index contributed by atoms with van der Waals surface area (Å²) in [7, 11) is 1.69. The molecule has 3 aromatic rings. The second-order valence-electron chi connectivity index (χ2n) is 8.29. The molecule has 2 heterocycles. The number of benzene rings is 2. The van der Waals surface area contributed by atoms with E-state index < -0.39 is 0 Å². The lowest BCUT2D eigenvalue weighted by Gasteiger charge is -2.38. The number of anilines is 3. The first-order valence-electron chi connectivity index (χ1n) is 12.0. The Morgan fingerprint density at radius 1 is 0.943 bits per heavy atom. The van der Waals surface area contributed by atoms with E-state index in [9.17, 15) is 9.59 Å². The number of nitrogens with one attached hydrogen (secondary N) is 1. The van der Waals surface area contributed by atoms with E-state index in [1.54, 1.807) is 13.2 Å². The van der Waals surface area contributed by atoms with Crippen molar-refractivity contribution in [3.8, 4) is 5.75 Å². The van der Waals surface area contributed by atoms with Crippen LogP contribution in [0.5, 0.6) is 5.75 Å². The van der Waals surface area contributed by atoms with Gasteiger partial charge in [0.25, 0.3) is 11.8 Å². The van der Waals surface area contributed by atoms with Gasteiger partial charge in [-0.2, -0.15) is 0 Å². The third-order valence-corrected chi connectivity index (χ3v) is 7.20. The van der Waals surface area contributed by atoms with Gasteiger partial charge in [-0.05, 0) is 55.6 Å². The first-order valence-corrected chi connectivity index (χ1v) is 12.8. The zero-order valence-electron chi connectivity index (χ0n) is 20.5. The van der Waals surface area contributed by atoms with Crippen molar-refractivity contribution in [2.45, 2.75) is 13.8 Å². The molecule has 2 amide bonds. The lowest BCUT2D eigenvalue weighted by molar-refractivity contribution is 0.0773. The average molecular weight is 493 g/mol. The van der Waals surface area contributed by atoms with E-state index in [1.165, 1.54) is 11.3 Å². The van der Waals surface area contributed by atoms with Crippen LogP contribution in [0.15, 0.2) is 60.0 Å². The number of hydrogen-bond acceptors (Lipinski definition) is 6. The average Bonchev–Trinajstić information content (AvgIpc) is 3.45. The van der Waals surface area contributed by atoms with E-state index in [1.807, 2.05) is 66.6 Å². The first-order chi connectivity index (χ1) is 17.0. The minimum atomic E-state index is -0.167. The van der Waals surface area contributed by atoms with E-state index in [0.29, 0.717) is 29.2 Å². The van der Waals surface area contributed by atoms with Gasteiger partial charge in [-0.1, -0.05) is 18.2 Å². The molecule has 0 radical (unpaired) electrons. The number of ether oxygens (including phenoxy) is 1. The van der Waals surface area contributed by atoms with Gasteiger partial charge in [0.1, 0.15) is 5.75 Å². The van der Waals surface area contributed by atoms with Gasteiger partial charge in [0.2, 0.25) is 0 Å². The number of para-hydroxylation sites is 2. The smallest absolute Gasteiger partial charge is 0.265 e. The van der Waals surface area contributed by atoms with Gasteiger partial charge < -0.3 is 24.8 Å². The second-order valence-corrected chi connectivity index (χ2v) is 9.23. The predicted molar refractivity (Wildman–Crippen MR) is 143 cm³/mol. The molecule has 0 unspecified atom stereocenters. The molecule has 0 spiro atoms. The molecule has 4 rings (SSSR count). The molecule has 1 aliphatic heterocycles. The second kappa shape index (κ2) is 11.3. The molecule has 1 aliphatic rings. The van der Waals surface area contributed by atoms with Gasteiger partial charge in [-0.25, -0.2) is 0 Å². The number of thiophene rings is 1. The summed E-state index contributed by atoms with van der Waals surface area (Å²) in [6.07, 6.45) is 0. The molecule has 1 saturated heterocycles. The fourth-order valence-corrected chi connectivity index (χ4v) is 5.04. The molecule has 184 valence electrons. The van der Waals surface area contributed by atoms with Crippen molar-refractivity contribution in [2.24, 2.45) is 0 Å². The van der Waals surface area contributed by atoms with Crippen LogP contribution in [0.3, 0.4) is 0 Å². The molecule has 35 heavy (non-hydrogen) atoms. The van der Waals surface area contributed by atoms with Crippen LogP contribution in [-0.4, -0.2) is 63.1 Å². The molecule has 0 atom stereocenters. The maximum atomic E-state index is 13.5. The molecular formula is C27H32N4O3S. The molecule has 8 heteroatoms. The van der Waals surface area contributed by atoms with E-state index >= 15 is 0 Å². The van der Waals surface area contributed by atoms with Gasteiger partial charge in [-0.3, -0.25) is 9.59 Å². The third-order valence-electron chi connectivity index (χ3n) is 6.33. The first kappa shape index (κ1) is 24.6. The Kier molecular flexibility index (Phi) is 7.92. The minimum Gasteiger partial charge on any atom is -0.495 e. The highest BCUT2D eigenvalue weighted by molar-refractivity contribution is 7.12. The number of methoxy groups -OCH3 is 1. The molecule has 0 saturated carbocycles. The fraction of sp³-hybridized carbons (Fsp3) is 0.333. The Labute approximate surface area is 210 Å². The largest absolute Gasteiger partial charge is 0.495 e. The van der Waals surface area contributed by atoms with Gasteiger partial charge in [0, 0.05) is 50.6 Å². The summed E-state index contributed by atoms with van der Waals surface area (Å²) in [6.45, 7) is 8.40. The van der Waals surface area contributed by atoms with Crippen LogP contribution < -0.4 is 19.9 Å². The van der Waals surface area contributed by atoms with Crippen molar-refractivity contribution in [1.29, 1.82) is 0 Å². The van der Waals surface area contributed by atoms with Crippen molar-refractivity contribution < 1.29 is 14.3 Å². The van der Waals surface area contributed by atoms with Gasteiger partial charge in [-0.15, -0.1) is 11.3 Å². The van der Waals surface area contributed by atoms with Gasteiger partial charge in [0.15, 0.2) is 0 Å². The number of rotatable bonds is 8. The standard InChI is InChI=1S/C27H32N4O3S/c1-4-29(5-2)27(33)21-19-20(28-26(32)25-11-8-18-35-25)12-13-22(21)30-14-16-31(17-15-30)23-9-6-7-10-24(23)34-3/h6-13,18-19H,4-5,14-17H2,1-3H3,(H,28,32). The van der Waals surface area contributed by atoms with E-state index in [4.69, 9.17) is 4.74 Å². The summed E-state index contributed by atoms with van der Waals surface area (Å²) < 4.78 is 5.54. The van der Waals surface area contributed by atoms with Crippen LogP contribution in [0.4, 0.5) is 17.1 Å². The molecule has 0 bridgehead atoms. The third kappa shape index (κ3) is 5.43. The maximum absolute atomic E-state index is 13.5. The van der Waals surface area contributed by atoms with E-state index in [2.05, 4.69) is 21.2 Å². The maximum Gasteiger partial charge on any atom is 0.265 e. The van der Waals surface area contributed by atoms with Crippen molar-refractivity contribution in [1.82, 2.24) is 4.90 Å². The topological polar surface area (TPSA) is 65.1 Å².